The van der Waals surface area contributed by atoms with Crippen LogP contribution in [0.25, 0.3) is 0 Å². The van der Waals surface area contributed by atoms with Gasteiger partial charge in [0.2, 0.25) is 0 Å². The molecular weight excluding hydrogens is 278 g/mol. The van der Waals surface area contributed by atoms with E-state index in [2.05, 4.69) is 0 Å². The number of nitriles is 1. The number of rotatable bonds is 4. The Morgan fingerprint density at radius 3 is 2.86 bits per heavy atom. The summed E-state index contributed by atoms with van der Waals surface area (Å²) in [5.74, 6) is -1.66. The maximum atomic E-state index is 11.2. The number of carbonyl (C=O) groups is 1. The van der Waals surface area contributed by atoms with Gasteiger partial charge in [-0.05, 0) is 12.1 Å². The number of hydrogen-bond acceptors (Lipinski definition) is 6. The van der Waals surface area contributed by atoms with E-state index in [-0.39, 0.29) is 24.5 Å². The fourth-order valence-corrected chi connectivity index (χ4v) is 2.34. The first-order valence-corrected chi connectivity index (χ1v) is 6.17. The van der Waals surface area contributed by atoms with Crippen LogP contribution in [0.15, 0.2) is 18.2 Å². The van der Waals surface area contributed by atoms with Gasteiger partial charge in [0, 0.05) is 18.8 Å². The molecule has 1 heterocycles. The van der Waals surface area contributed by atoms with E-state index >= 15 is 0 Å². The third-order valence-electron chi connectivity index (χ3n) is 3.57. The van der Waals surface area contributed by atoms with Crippen LogP contribution in [0, 0.1) is 27.4 Å². The summed E-state index contributed by atoms with van der Waals surface area (Å²) >= 11 is 0. The van der Waals surface area contributed by atoms with Gasteiger partial charge in [-0.2, -0.15) is 5.26 Å². The third-order valence-corrected chi connectivity index (χ3v) is 3.57. The van der Waals surface area contributed by atoms with Gasteiger partial charge < -0.3 is 14.7 Å². The number of nitrogens with zero attached hydrogens (tertiary/aromatic N) is 3. The highest BCUT2D eigenvalue weighted by Crippen LogP contribution is 2.29. The number of benzene rings is 1. The standard InChI is InChI=1S/C13H13N3O5/c1-15(12-7-21-6-10(12)13(17)18)9-3-2-8(5-14)11(4-9)16(19)20/h2-4,10,12H,6-7H2,1H3,(H,17,18). The smallest absolute Gasteiger partial charge is 0.311 e. The maximum Gasteiger partial charge on any atom is 0.311 e. The first kappa shape index (κ1) is 14.7. The van der Waals surface area contributed by atoms with E-state index in [0.717, 1.165) is 0 Å². The lowest BCUT2D eigenvalue weighted by Gasteiger charge is -2.28. The van der Waals surface area contributed by atoms with Crippen LogP contribution in [0.3, 0.4) is 0 Å². The van der Waals surface area contributed by atoms with Crippen molar-refractivity contribution in [3.8, 4) is 6.07 Å². The lowest BCUT2D eigenvalue weighted by molar-refractivity contribution is -0.385. The molecule has 8 nitrogen and oxygen atoms in total. The average Bonchev–Trinajstić information content (AvgIpc) is 2.95. The molecule has 0 aromatic heterocycles. The first-order chi connectivity index (χ1) is 9.95. The van der Waals surface area contributed by atoms with E-state index in [1.807, 2.05) is 0 Å². The Hall–Kier alpha value is -2.66. The fraction of sp³-hybridized carbons (Fsp3) is 0.385. The summed E-state index contributed by atoms with van der Waals surface area (Å²) in [5.41, 5.74) is 0.143. The number of ether oxygens (including phenoxy) is 1. The largest absolute Gasteiger partial charge is 0.481 e. The number of anilines is 1. The predicted molar refractivity (Wildman–Crippen MR) is 71.9 cm³/mol. The molecule has 0 bridgehead atoms. The first-order valence-electron chi connectivity index (χ1n) is 6.17. The summed E-state index contributed by atoms with van der Waals surface area (Å²) in [7, 11) is 1.65. The van der Waals surface area contributed by atoms with E-state index < -0.39 is 22.9 Å². The van der Waals surface area contributed by atoms with Gasteiger partial charge in [-0.15, -0.1) is 0 Å². The molecule has 0 amide bonds. The predicted octanol–water partition coefficient (Wildman–Crippen LogP) is 1.00. The Kier molecular flexibility index (Phi) is 4.05. The molecule has 0 radical (unpaired) electrons. The molecule has 1 N–H and O–H groups in total. The van der Waals surface area contributed by atoms with Gasteiger partial charge in [0.15, 0.2) is 0 Å². The number of aliphatic carboxylic acids is 1. The number of carboxylic acids is 1. The Balaban J connectivity index is 2.33. The zero-order chi connectivity index (χ0) is 15.6. The minimum absolute atomic E-state index is 0.0328. The van der Waals surface area contributed by atoms with Crippen LogP contribution >= 0.6 is 0 Å². The minimum atomic E-state index is -0.965. The fourth-order valence-electron chi connectivity index (χ4n) is 2.34. The normalized spacial score (nSPS) is 20.8. The van der Waals surface area contributed by atoms with Gasteiger partial charge in [0.25, 0.3) is 5.69 Å². The molecule has 0 aliphatic carbocycles. The summed E-state index contributed by atoms with van der Waals surface area (Å²) in [5, 5.41) is 29.0. The van der Waals surface area contributed by atoms with Gasteiger partial charge in [0.05, 0.1) is 24.2 Å². The van der Waals surface area contributed by atoms with Crippen LogP contribution in [0.1, 0.15) is 5.56 Å². The van der Waals surface area contributed by atoms with Gasteiger partial charge in [-0.3, -0.25) is 14.9 Å². The number of nitro benzene ring substituents is 1. The Labute approximate surface area is 120 Å². The highest BCUT2D eigenvalue weighted by atomic mass is 16.6. The second-order valence-electron chi connectivity index (χ2n) is 4.73. The highest BCUT2D eigenvalue weighted by molar-refractivity contribution is 5.73. The maximum absolute atomic E-state index is 11.2. The van der Waals surface area contributed by atoms with E-state index in [4.69, 9.17) is 15.1 Å². The van der Waals surface area contributed by atoms with Crippen LogP contribution in [0.4, 0.5) is 11.4 Å². The molecule has 2 atom stereocenters. The molecule has 21 heavy (non-hydrogen) atoms. The molecular formula is C13H13N3O5. The molecule has 1 aromatic carbocycles. The molecule has 2 rings (SSSR count). The molecule has 1 aromatic rings. The zero-order valence-corrected chi connectivity index (χ0v) is 11.2. The Morgan fingerprint density at radius 2 is 2.29 bits per heavy atom. The van der Waals surface area contributed by atoms with Crippen LogP contribution < -0.4 is 4.90 Å². The monoisotopic (exact) mass is 291 g/mol. The SMILES string of the molecule is CN(c1ccc(C#N)c([N+](=O)[O-])c1)C1COCC1C(=O)O. The molecule has 2 unspecified atom stereocenters. The number of hydrogen-bond donors (Lipinski definition) is 1. The van der Waals surface area contributed by atoms with Crippen molar-refractivity contribution in [1.82, 2.24) is 0 Å². The molecule has 1 aliphatic rings. The van der Waals surface area contributed by atoms with Gasteiger partial charge in [-0.25, -0.2) is 0 Å². The molecule has 0 saturated carbocycles. The van der Waals surface area contributed by atoms with Crippen molar-refractivity contribution < 1.29 is 19.6 Å². The van der Waals surface area contributed by atoms with Crippen molar-refractivity contribution in [2.75, 3.05) is 25.2 Å². The summed E-state index contributed by atoms with van der Waals surface area (Å²) in [6.45, 7) is 0.351. The molecule has 8 heteroatoms. The quantitative estimate of drug-likeness (QED) is 0.649. The second kappa shape index (κ2) is 5.76. The van der Waals surface area contributed by atoms with Gasteiger partial charge in [0.1, 0.15) is 17.6 Å². The molecule has 0 spiro atoms. The highest BCUT2D eigenvalue weighted by Gasteiger charge is 2.37. The van der Waals surface area contributed by atoms with Crippen LogP contribution in [0.2, 0.25) is 0 Å². The Morgan fingerprint density at radius 1 is 1.57 bits per heavy atom. The van der Waals surface area contributed by atoms with E-state index in [1.165, 1.54) is 12.1 Å². The van der Waals surface area contributed by atoms with E-state index in [0.29, 0.717) is 5.69 Å². The van der Waals surface area contributed by atoms with E-state index in [9.17, 15) is 14.9 Å². The average molecular weight is 291 g/mol. The van der Waals surface area contributed by atoms with Crippen molar-refractivity contribution in [1.29, 1.82) is 5.26 Å². The lowest BCUT2D eigenvalue weighted by atomic mass is 10.0. The summed E-state index contributed by atoms with van der Waals surface area (Å²) in [4.78, 5) is 23.1. The van der Waals surface area contributed by atoms with E-state index in [1.54, 1.807) is 24.1 Å². The summed E-state index contributed by atoms with van der Waals surface area (Å²) < 4.78 is 5.19. The Bertz CT molecular complexity index is 625. The summed E-state index contributed by atoms with van der Waals surface area (Å²) in [6, 6.07) is 5.54. The molecule has 1 saturated heterocycles. The van der Waals surface area contributed by atoms with Crippen molar-refractivity contribution >= 4 is 17.3 Å². The van der Waals surface area contributed by atoms with Crippen LogP contribution in [0.5, 0.6) is 0 Å². The summed E-state index contributed by atoms with van der Waals surface area (Å²) in [6.07, 6.45) is 0. The van der Waals surface area contributed by atoms with Crippen LogP contribution in [-0.2, 0) is 9.53 Å². The van der Waals surface area contributed by atoms with Crippen molar-refractivity contribution in [3.63, 3.8) is 0 Å². The molecule has 1 aliphatic heterocycles. The minimum Gasteiger partial charge on any atom is -0.481 e. The van der Waals surface area contributed by atoms with Gasteiger partial charge >= 0.3 is 5.97 Å². The van der Waals surface area contributed by atoms with Crippen molar-refractivity contribution in [3.05, 3.63) is 33.9 Å². The third kappa shape index (κ3) is 2.78. The number of carboxylic acid groups (broad SMARTS) is 1. The molecule has 110 valence electrons. The van der Waals surface area contributed by atoms with Crippen molar-refractivity contribution in [2.45, 2.75) is 6.04 Å². The van der Waals surface area contributed by atoms with Crippen LogP contribution in [-0.4, -0.2) is 42.3 Å². The number of nitro groups is 1. The topological polar surface area (TPSA) is 117 Å². The van der Waals surface area contributed by atoms with Gasteiger partial charge in [-0.1, -0.05) is 0 Å². The zero-order valence-electron chi connectivity index (χ0n) is 11.2. The lowest BCUT2D eigenvalue weighted by Crippen LogP contribution is -2.40. The number of likely N-dealkylation sites (N-methyl/N-ethyl adjacent to an activating group) is 1. The molecule has 1 fully saturated rings. The second-order valence-corrected chi connectivity index (χ2v) is 4.73. The van der Waals surface area contributed by atoms with Crippen molar-refractivity contribution in [2.24, 2.45) is 5.92 Å².